The van der Waals surface area contributed by atoms with Gasteiger partial charge in [0.25, 0.3) is 0 Å². The summed E-state index contributed by atoms with van der Waals surface area (Å²) in [5, 5.41) is 0. The largest absolute Gasteiger partial charge is 0.472 e. The predicted molar refractivity (Wildman–Crippen MR) is 275 cm³/mol. The fourth-order valence-corrected chi connectivity index (χ4v) is 7.44. The highest BCUT2D eigenvalue weighted by Crippen LogP contribution is 2.43. The van der Waals surface area contributed by atoms with Crippen molar-refractivity contribution in [1.82, 2.24) is 0 Å². The maximum atomic E-state index is 12.6. The molecule has 0 spiro atoms. The SMILES string of the molecule is CC/C=C\C/C=C\C/C=C\C/C=C\C/C=C\C/C=C\C/C=C\CCCC(=O)OC(COC(=O)CCCCCCCCCCC/C=C\CCCCCCCCCC)COP(=O)(O)OCCN. The normalized spacial score (nSPS) is 14.0. The van der Waals surface area contributed by atoms with Gasteiger partial charge >= 0.3 is 19.8 Å². The molecule has 2 unspecified atom stereocenters. The minimum Gasteiger partial charge on any atom is -0.462 e. The van der Waals surface area contributed by atoms with Crippen molar-refractivity contribution in [3.8, 4) is 0 Å². The van der Waals surface area contributed by atoms with Crippen molar-refractivity contribution in [2.24, 2.45) is 5.73 Å². The van der Waals surface area contributed by atoms with E-state index in [0.29, 0.717) is 12.8 Å². The van der Waals surface area contributed by atoms with Gasteiger partial charge in [-0.2, -0.15) is 0 Å². The second-order valence-electron chi connectivity index (χ2n) is 16.7. The third-order valence-corrected chi connectivity index (χ3v) is 11.4. The fraction of sp³-hybridized carbons (Fsp3) is 0.673. The van der Waals surface area contributed by atoms with Gasteiger partial charge in [0.05, 0.1) is 13.2 Å². The van der Waals surface area contributed by atoms with E-state index in [0.717, 1.165) is 70.6 Å². The maximum Gasteiger partial charge on any atom is 0.472 e. The van der Waals surface area contributed by atoms with E-state index in [-0.39, 0.29) is 32.6 Å². The van der Waals surface area contributed by atoms with Gasteiger partial charge in [-0.05, 0) is 89.9 Å². The molecule has 0 heterocycles. The Kier molecular flexibility index (Phi) is 48.0. The Morgan fingerprint density at radius 2 is 0.862 bits per heavy atom. The smallest absolute Gasteiger partial charge is 0.462 e. The van der Waals surface area contributed by atoms with E-state index in [1.165, 1.54) is 96.3 Å². The molecule has 3 N–H and O–H groups in total. The molecule has 0 aromatic heterocycles. The van der Waals surface area contributed by atoms with E-state index in [9.17, 15) is 19.0 Å². The first-order valence-corrected chi connectivity index (χ1v) is 27.2. The fourth-order valence-electron chi connectivity index (χ4n) is 6.68. The molecule has 0 aliphatic rings. The zero-order valence-electron chi connectivity index (χ0n) is 41.2. The lowest BCUT2D eigenvalue weighted by Gasteiger charge is -2.19. The van der Waals surface area contributed by atoms with Crippen LogP contribution in [0, 0.1) is 0 Å². The molecule has 0 aromatic rings. The lowest BCUT2D eigenvalue weighted by atomic mass is 10.1. The number of phosphoric acid groups is 1. The molecule has 0 aliphatic carbocycles. The number of rotatable bonds is 47. The standard InChI is InChI=1S/C55H94NO8P/c1-3-5-7-9-11-13-15-17-19-21-23-25-26-28-30-32-34-36-38-40-42-44-46-48-55(58)64-53(52-63-65(59,60)62-50-49-56)51-61-54(57)47-45-43-41-39-37-35-33-31-29-27-24-22-20-18-16-14-12-10-8-6-4-2/h5,7,11,13,17,19,22-25,28,30,34,36,40,42,53H,3-4,6,8-10,12,14-16,18,20-21,26-27,29,31-33,35,37-39,41,43-52,56H2,1-2H3,(H,59,60)/b7-5-,13-11-,19-17-,24-22-,25-23-,30-28-,36-34-,42-40-. The average Bonchev–Trinajstić information content (AvgIpc) is 3.30. The van der Waals surface area contributed by atoms with Crippen molar-refractivity contribution in [2.45, 2.75) is 213 Å². The van der Waals surface area contributed by atoms with Crippen molar-refractivity contribution < 1.29 is 37.6 Å². The quantitative estimate of drug-likeness (QED) is 0.0265. The third-order valence-electron chi connectivity index (χ3n) is 10.5. The van der Waals surface area contributed by atoms with Crippen molar-refractivity contribution in [3.63, 3.8) is 0 Å². The number of hydrogen-bond acceptors (Lipinski definition) is 8. The summed E-state index contributed by atoms with van der Waals surface area (Å²) in [5.74, 6) is -0.904. The van der Waals surface area contributed by atoms with Crippen LogP contribution in [0.3, 0.4) is 0 Å². The first-order valence-electron chi connectivity index (χ1n) is 25.7. The highest BCUT2D eigenvalue weighted by Gasteiger charge is 2.26. The maximum absolute atomic E-state index is 12.6. The van der Waals surface area contributed by atoms with Crippen molar-refractivity contribution in [3.05, 3.63) is 97.2 Å². The van der Waals surface area contributed by atoms with E-state index < -0.39 is 32.5 Å². The molecule has 0 radical (unpaired) electrons. The lowest BCUT2D eigenvalue weighted by Crippen LogP contribution is -2.29. The van der Waals surface area contributed by atoms with E-state index in [1.54, 1.807) is 0 Å². The first kappa shape index (κ1) is 61.9. The number of carbonyl (C=O) groups is 2. The van der Waals surface area contributed by atoms with Crippen LogP contribution in [-0.2, 0) is 32.7 Å². The molecule has 0 fully saturated rings. The topological polar surface area (TPSA) is 134 Å². The third kappa shape index (κ3) is 50.2. The highest BCUT2D eigenvalue weighted by molar-refractivity contribution is 7.47. The summed E-state index contributed by atoms with van der Waals surface area (Å²) in [6, 6.07) is 0. The second-order valence-corrected chi connectivity index (χ2v) is 18.1. The van der Waals surface area contributed by atoms with Crippen LogP contribution in [0.2, 0.25) is 0 Å². The van der Waals surface area contributed by atoms with E-state index >= 15 is 0 Å². The van der Waals surface area contributed by atoms with Gasteiger partial charge in [-0.15, -0.1) is 0 Å². The minimum atomic E-state index is -4.41. The Labute approximate surface area is 397 Å². The molecular formula is C55H94NO8P. The molecular weight excluding hydrogens is 834 g/mol. The molecule has 10 heteroatoms. The number of unbranched alkanes of at least 4 members (excludes halogenated alkanes) is 18. The second kappa shape index (κ2) is 50.3. The number of ether oxygens (including phenoxy) is 2. The molecule has 0 bridgehead atoms. The van der Waals surface area contributed by atoms with Crippen LogP contribution in [0.5, 0.6) is 0 Å². The van der Waals surface area contributed by atoms with Gasteiger partial charge in [0.1, 0.15) is 6.61 Å². The van der Waals surface area contributed by atoms with Crippen LogP contribution in [0.1, 0.15) is 206 Å². The molecule has 9 nitrogen and oxygen atoms in total. The lowest BCUT2D eigenvalue weighted by molar-refractivity contribution is -0.161. The number of allylic oxidation sites excluding steroid dienone is 16. The van der Waals surface area contributed by atoms with E-state index in [2.05, 4.69) is 105 Å². The monoisotopic (exact) mass is 928 g/mol. The number of hydrogen-bond donors (Lipinski definition) is 2. The number of esters is 2. The Morgan fingerprint density at radius 1 is 0.477 bits per heavy atom. The van der Waals surface area contributed by atoms with Crippen LogP contribution in [0.15, 0.2) is 97.2 Å². The molecule has 0 rings (SSSR count). The van der Waals surface area contributed by atoms with Crippen molar-refractivity contribution in [1.29, 1.82) is 0 Å². The Balaban J connectivity index is 4.18. The van der Waals surface area contributed by atoms with Crippen molar-refractivity contribution in [2.75, 3.05) is 26.4 Å². The summed E-state index contributed by atoms with van der Waals surface area (Å²) < 4.78 is 32.9. The number of nitrogens with two attached hydrogens (primary N) is 1. The molecule has 0 saturated heterocycles. The number of phosphoric ester groups is 1. The molecule has 0 aliphatic heterocycles. The number of carbonyl (C=O) groups excluding carboxylic acids is 2. The van der Waals surface area contributed by atoms with Gasteiger partial charge in [-0.25, -0.2) is 4.57 Å². The van der Waals surface area contributed by atoms with Gasteiger partial charge in [0.2, 0.25) is 0 Å². The molecule has 0 amide bonds. The zero-order valence-corrected chi connectivity index (χ0v) is 42.1. The zero-order chi connectivity index (χ0) is 47.4. The van der Waals surface area contributed by atoms with Crippen LogP contribution >= 0.6 is 7.82 Å². The Morgan fingerprint density at radius 3 is 1.32 bits per heavy atom. The van der Waals surface area contributed by atoms with E-state index in [4.69, 9.17) is 24.3 Å². The summed E-state index contributed by atoms with van der Waals surface area (Å²) in [4.78, 5) is 35.0. The minimum absolute atomic E-state index is 0.0390. The van der Waals surface area contributed by atoms with Crippen molar-refractivity contribution >= 4 is 19.8 Å². The molecule has 2 atom stereocenters. The van der Waals surface area contributed by atoms with Crippen LogP contribution in [-0.4, -0.2) is 49.3 Å². The summed E-state index contributed by atoms with van der Waals surface area (Å²) in [5.41, 5.74) is 5.36. The summed E-state index contributed by atoms with van der Waals surface area (Å²) >= 11 is 0. The molecule has 65 heavy (non-hydrogen) atoms. The Bertz CT molecular complexity index is 1380. The summed E-state index contributed by atoms with van der Waals surface area (Å²) in [7, 11) is -4.41. The summed E-state index contributed by atoms with van der Waals surface area (Å²) in [6.07, 6.45) is 66.0. The summed E-state index contributed by atoms with van der Waals surface area (Å²) in [6.45, 7) is 3.55. The van der Waals surface area contributed by atoms with Crippen LogP contribution < -0.4 is 5.73 Å². The first-order chi connectivity index (χ1) is 31.8. The van der Waals surface area contributed by atoms with Gasteiger partial charge < -0.3 is 20.1 Å². The predicted octanol–water partition coefficient (Wildman–Crippen LogP) is 15.7. The molecule has 372 valence electrons. The highest BCUT2D eigenvalue weighted by atomic mass is 31.2. The molecule has 0 saturated carbocycles. The molecule has 0 aromatic carbocycles. The van der Waals surface area contributed by atoms with Gasteiger partial charge in [0.15, 0.2) is 6.10 Å². The van der Waals surface area contributed by atoms with E-state index in [1.807, 2.05) is 6.08 Å². The van der Waals surface area contributed by atoms with Crippen LogP contribution in [0.4, 0.5) is 0 Å². The van der Waals surface area contributed by atoms with Gasteiger partial charge in [-0.3, -0.25) is 18.6 Å². The average molecular weight is 928 g/mol. The van der Waals surface area contributed by atoms with Gasteiger partial charge in [-0.1, -0.05) is 201 Å². The van der Waals surface area contributed by atoms with Gasteiger partial charge in [0, 0.05) is 19.4 Å². The Hall–Kier alpha value is -3.07. The van der Waals surface area contributed by atoms with Crippen LogP contribution in [0.25, 0.3) is 0 Å².